The number of hydrogen-bond donors (Lipinski definition) is 0. The Bertz CT molecular complexity index is 784. The van der Waals surface area contributed by atoms with Crippen LogP contribution in [0.3, 0.4) is 0 Å². The third-order valence-electron chi connectivity index (χ3n) is 5.66. The number of unbranched alkanes of at least 4 members (excludes halogenated alkanes) is 2. The van der Waals surface area contributed by atoms with Crippen LogP contribution in [-0.4, -0.2) is 11.0 Å². The van der Waals surface area contributed by atoms with Crippen LogP contribution in [0.15, 0.2) is 36.4 Å². The summed E-state index contributed by atoms with van der Waals surface area (Å²) in [6.07, 6.45) is 10.2. The van der Waals surface area contributed by atoms with Crippen molar-refractivity contribution in [1.29, 1.82) is 0 Å². The Hall–Kier alpha value is -2.30. The number of ether oxygens (including phenoxy) is 1. The molecule has 1 fully saturated rings. The van der Waals surface area contributed by atoms with Gasteiger partial charge in [-0.3, -0.25) is 0 Å². The van der Waals surface area contributed by atoms with Crippen LogP contribution in [0, 0.1) is 17.8 Å². The van der Waals surface area contributed by atoms with E-state index in [-0.39, 0.29) is 5.75 Å². The summed E-state index contributed by atoms with van der Waals surface area (Å²) >= 11 is 0. The van der Waals surface area contributed by atoms with Crippen LogP contribution < -0.4 is 4.74 Å². The molecule has 0 bridgehead atoms. The molecule has 28 heavy (non-hydrogen) atoms. The van der Waals surface area contributed by atoms with Crippen molar-refractivity contribution in [1.82, 2.24) is 4.98 Å². The van der Waals surface area contributed by atoms with Crippen LogP contribution in [0.5, 0.6) is 5.75 Å². The van der Waals surface area contributed by atoms with Crippen molar-refractivity contribution in [3.63, 3.8) is 0 Å². The van der Waals surface area contributed by atoms with E-state index in [1.165, 1.54) is 56.9 Å². The summed E-state index contributed by atoms with van der Waals surface area (Å²) in [6, 6.07) is 9.34. The highest BCUT2D eigenvalue weighted by atomic mass is 19.1. The molecule has 3 nitrogen and oxygen atoms in total. The van der Waals surface area contributed by atoms with Crippen LogP contribution in [0.2, 0.25) is 0 Å². The summed E-state index contributed by atoms with van der Waals surface area (Å²) in [5.41, 5.74) is 1.57. The Morgan fingerprint density at radius 1 is 1.04 bits per heavy atom. The zero-order valence-electron chi connectivity index (χ0n) is 16.3. The minimum absolute atomic E-state index is 0.334. The van der Waals surface area contributed by atoms with Gasteiger partial charge in [-0.15, -0.1) is 0 Å². The normalized spacial score (nSPS) is 19.4. The fourth-order valence-corrected chi connectivity index (χ4v) is 3.99. The molecule has 0 atom stereocenters. The highest BCUT2D eigenvalue weighted by Gasteiger charge is 2.22. The maximum absolute atomic E-state index is 13.5. The minimum Gasteiger partial charge on any atom is -0.418 e. The lowest BCUT2D eigenvalue weighted by Gasteiger charge is -2.29. The Morgan fingerprint density at radius 2 is 1.75 bits per heavy atom. The van der Waals surface area contributed by atoms with E-state index in [2.05, 4.69) is 11.9 Å². The summed E-state index contributed by atoms with van der Waals surface area (Å²) in [7, 11) is 0. The molecular formula is C23H27F2NO2. The molecule has 2 aromatic rings. The molecule has 0 amide bonds. The number of carbonyl (C=O) groups excluding carboxylic acids is 1. The average Bonchev–Trinajstić information content (AvgIpc) is 2.71. The van der Waals surface area contributed by atoms with Gasteiger partial charge in [0.15, 0.2) is 5.75 Å². The maximum Gasteiger partial charge on any atom is 0.343 e. The summed E-state index contributed by atoms with van der Waals surface area (Å²) in [4.78, 5) is 15.2. The van der Waals surface area contributed by atoms with E-state index in [4.69, 9.17) is 4.74 Å². The second-order valence-electron chi connectivity index (χ2n) is 7.65. The highest BCUT2D eigenvalue weighted by molar-refractivity contribution is 5.91. The van der Waals surface area contributed by atoms with E-state index in [1.807, 2.05) is 12.1 Å². The summed E-state index contributed by atoms with van der Waals surface area (Å²) in [5.74, 6) is -1.76. The van der Waals surface area contributed by atoms with Gasteiger partial charge in [0.1, 0.15) is 0 Å². The monoisotopic (exact) mass is 387 g/mol. The van der Waals surface area contributed by atoms with Gasteiger partial charge in [-0.1, -0.05) is 44.7 Å². The molecule has 150 valence electrons. The van der Waals surface area contributed by atoms with Crippen LogP contribution in [-0.2, 0) is 0 Å². The molecule has 0 unspecified atom stereocenters. The van der Waals surface area contributed by atoms with Gasteiger partial charge < -0.3 is 4.74 Å². The van der Waals surface area contributed by atoms with Gasteiger partial charge in [-0.05, 0) is 67.3 Å². The first-order chi connectivity index (χ1) is 13.6. The Morgan fingerprint density at radius 3 is 2.39 bits per heavy atom. The predicted molar refractivity (Wildman–Crippen MR) is 104 cm³/mol. The number of esters is 1. The van der Waals surface area contributed by atoms with Gasteiger partial charge in [0.05, 0.1) is 5.56 Å². The van der Waals surface area contributed by atoms with E-state index in [0.29, 0.717) is 11.5 Å². The van der Waals surface area contributed by atoms with Gasteiger partial charge in [0.2, 0.25) is 5.95 Å². The Labute approximate surface area is 165 Å². The number of hydrogen-bond acceptors (Lipinski definition) is 3. The van der Waals surface area contributed by atoms with Crippen molar-refractivity contribution in [2.45, 2.75) is 64.2 Å². The molecule has 0 aliphatic heterocycles. The first-order valence-electron chi connectivity index (χ1n) is 10.2. The van der Waals surface area contributed by atoms with Gasteiger partial charge in [0, 0.05) is 0 Å². The number of nitrogens with zero attached hydrogens (tertiary/aromatic N) is 1. The second-order valence-corrected chi connectivity index (χ2v) is 7.65. The zero-order valence-corrected chi connectivity index (χ0v) is 16.3. The van der Waals surface area contributed by atoms with Crippen LogP contribution >= 0.6 is 0 Å². The summed E-state index contributed by atoms with van der Waals surface area (Å²) in [6.45, 7) is 2.24. The topological polar surface area (TPSA) is 39.2 Å². The molecule has 0 radical (unpaired) electrons. The molecule has 0 spiro atoms. The van der Waals surface area contributed by atoms with Crippen molar-refractivity contribution in [3.05, 3.63) is 59.4 Å². The zero-order chi connectivity index (χ0) is 19.9. The lowest BCUT2D eigenvalue weighted by atomic mass is 9.77. The maximum atomic E-state index is 13.5. The largest absolute Gasteiger partial charge is 0.418 e. The van der Waals surface area contributed by atoms with Crippen molar-refractivity contribution in [2.75, 3.05) is 0 Å². The predicted octanol–water partition coefficient (Wildman–Crippen LogP) is 6.43. The Balaban J connectivity index is 1.54. The number of carbonyl (C=O) groups is 1. The number of rotatable bonds is 7. The lowest BCUT2D eigenvalue weighted by Crippen LogP contribution is -2.14. The molecule has 1 aliphatic rings. The van der Waals surface area contributed by atoms with Crippen molar-refractivity contribution >= 4 is 5.97 Å². The smallest absolute Gasteiger partial charge is 0.343 e. The third-order valence-corrected chi connectivity index (χ3v) is 5.66. The van der Waals surface area contributed by atoms with Crippen molar-refractivity contribution < 1.29 is 18.3 Å². The van der Waals surface area contributed by atoms with Crippen molar-refractivity contribution in [3.8, 4) is 5.75 Å². The second kappa shape index (κ2) is 9.76. The molecule has 0 saturated heterocycles. The first-order valence-corrected chi connectivity index (χ1v) is 10.2. The van der Waals surface area contributed by atoms with E-state index in [9.17, 15) is 13.6 Å². The van der Waals surface area contributed by atoms with Crippen LogP contribution in [0.25, 0.3) is 0 Å². The first kappa shape index (κ1) is 20.4. The van der Waals surface area contributed by atoms with Crippen LogP contribution in [0.1, 0.15) is 80.1 Å². The van der Waals surface area contributed by atoms with Crippen LogP contribution in [0.4, 0.5) is 8.78 Å². The Kier molecular flexibility index (Phi) is 7.12. The number of benzene rings is 1. The number of aromatic nitrogens is 1. The average molecular weight is 387 g/mol. The van der Waals surface area contributed by atoms with Gasteiger partial charge >= 0.3 is 5.97 Å². The minimum atomic E-state index is -1.14. The summed E-state index contributed by atoms with van der Waals surface area (Å²) in [5, 5.41) is 0. The molecular weight excluding hydrogens is 360 g/mol. The molecule has 0 N–H and O–H groups in total. The van der Waals surface area contributed by atoms with E-state index in [0.717, 1.165) is 18.1 Å². The van der Waals surface area contributed by atoms with Gasteiger partial charge in [0.25, 0.3) is 5.95 Å². The quantitative estimate of drug-likeness (QED) is 0.312. The highest BCUT2D eigenvalue weighted by Crippen LogP contribution is 2.37. The number of halogens is 2. The SMILES string of the molecule is CCCCC[C@H]1CC[C@H](c2ccc(C(=O)Oc3ccc(F)nc3F)cc2)CC1. The molecule has 1 heterocycles. The molecule has 1 aromatic carbocycles. The molecule has 1 saturated carbocycles. The fraction of sp³-hybridized carbons (Fsp3) is 0.478. The van der Waals surface area contributed by atoms with Gasteiger partial charge in [-0.25, -0.2) is 4.79 Å². The molecule has 3 rings (SSSR count). The summed E-state index contributed by atoms with van der Waals surface area (Å²) < 4.78 is 31.4. The fourth-order valence-electron chi connectivity index (χ4n) is 3.99. The standard InChI is InChI=1S/C23H27F2NO2/c1-2-3-4-5-16-6-8-17(9-7-16)18-10-12-19(13-11-18)23(27)28-20-14-15-21(24)26-22(20)25/h10-17H,2-9H2,1H3/t16-,17-. The van der Waals surface area contributed by atoms with E-state index < -0.39 is 17.9 Å². The molecule has 5 heteroatoms. The van der Waals surface area contributed by atoms with E-state index >= 15 is 0 Å². The molecule has 1 aromatic heterocycles. The van der Waals surface area contributed by atoms with Crippen molar-refractivity contribution in [2.24, 2.45) is 5.92 Å². The van der Waals surface area contributed by atoms with E-state index in [1.54, 1.807) is 12.1 Å². The lowest BCUT2D eigenvalue weighted by molar-refractivity contribution is 0.0725. The third kappa shape index (κ3) is 5.37. The number of pyridine rings is 1. The molecule has 1 aliphatic carbocycles. The van der Waals surface area contributed by atoms with Gasteiger partial charge in [-0.2, -0.15) is 13.8 Å².